The van der Waals surface area contributed by atoms with E-state index in [-0.39, 0.29) is 25.9 Å². The largest absolute Gasteiger partial charge is 0.248 e. The van der Waals surface area contributed by atoms with Crippen LogP contribution in [0.2, 0.25) is 0 Å². The molecule has 0 unspecified atom stereocenters. The first-order chi connectivity index (χ1) is 9.69. The highest BCUT2D eigenvalue weighted by Gasteiger charge is 2.38. The van der Waals surface area contributed by atoms with Crippen molar-refractivity contribution in [3.05, 3.63) is 29.6 Å². The fourth-order valence-electron chi connectivity index (χ4n) is 2.24. The number of sulfonamides is 1. The van der Waals surface area contributed by atoms with Crippen LogP contribution < -0.4 is 0 Å². The second kappa shape index (κ2) is 5.31. The molecule has 114 valence electrons. The summed E-state index contributed by atoms with van der Waals surface area (Å²) in [7, 11) is -4.39. The lowest BCUT2D eigenvalue weighted by molar-refractivity contribution is 0.231. The number of rotatable bonds is 2. The zero-order chi connectivity index (χ0) is 15.8. The van der Waals surface area contributed by atoms with Crippen LogP contribution in [0.1, 0.15) is 19.8 Å². The summed E-state index contributed by atoms with van der Waals surface area (Å²) in [5.74, 6) is -4.10. The quantitative estimate of drug-likeness (QED) is 0.841. The first-order valence-corrected chi connectivity index (χ1v) is 7.69. The number of nitriles is 1. The van der Waals surface area contributed by atoms with Crippen molar-refractivity contribution in [3.63, 3.8) is 0 Å². The molecule has 0 N–H and O–H groups in total. The van der Waals surface area contributed by atoms with E-state index in [0.717, 1.165) is 4.31 Å². The SMILES string of the molecule is CC1(C#N)CCN(S(=O)(=O)c2c(F)cc(F)cc2F)CC1. The van der Waals surface area contributed by atoms with Crippen molar-refractivity contribution in [2.75, 3.05) is 13.1 Å². The predicted octanol–water partition coefficient (Wildman–Crippen LogP) is 2.42. The van der Waals surface area contributed by atoms with Crippen LogP contribution in [0.3, 0.4) is 0 Å². The first-order valence-electron chi connectivity index (χ1n) is 6.25. The molecule has 0 saturated carbocycles. The van der Waals surface area contributed by atoms with E-state index in [0.29, 0.717) is 12.1 Å². The molecule has 1 heterocycles. The van der Waals surface area contributed by atoms with Crippen LogP contribution >= 0.6 is 0 Å². The maximum atomic E-state index is 13.6. The molecule has 0 aliphatic carbocycles. The van der Waals surface area contributed by atoms with Gasteiger partial charge in [0.25, 0.3) is 0 Å². The lowest BCUT2D eigenvalue weighted by Gasteiger charge is -2.34. The van der Waals surface area contributed by atoms with Gasteiger partial charge in [-0.1, -0.05) is 0 Å². The molecule has 1 saturated heterocycles. The van der Waals surface area contributed by atoms with Gasteiger partial charge in [-0.25, -0.2) is 21.6 Å². The van der Waals surface area contributed by atoms with Gasteiger partial charge in [0.1, 0.15) is 17.5 Å². The van der Waals surface area contributed by atoms with Crippen molar-refractivity contribution >= 4 is 10.0 Å². The third kappa shape index (κ3) is 2.89. The molecular weight excluding hydrogens is 305 g/mol. The minimum Gasteiger partial charge on any atom is -0.207 e. The summed E-state index contributed by atoms with van der Waals surface area (Å²) < 4.78 is 65.6. The van der Waals surface area contributed by atoms with Crippen molar-refractivity contribution in [2.45, 2.75) is 24.7 Å². The van der Waals surface area contributed by atoms with Gasteiger partial charge in [-0.15, -0.1) is 0 Å². The maximum absolute atomic E-state index is 13.6. The highest BCUT2D eigenvalue weighted by Crippen LogP contribution is 2.33. The lowest BCUT2D eigenvalue weighted by atomic mass is 9.83. The minimum absolute atomic E-state index is 0.0113. The van der Waals surface area contributed by atoms with Gasteiger partial charge in [0.2, 0.25) is 10.0 Å². The molecule has 1 aromatic carbocycles. The molecule has 21 heavy (non-hydrogen) atoms. The smallest absolute Gasteiger partial charge is 0.207 e. The average Bonchev–Trinajstić information content (AvgIpc) is 2.37. The van der Waals surface area contributed by atoms with Gasteiger partial charge in [-0.05, 0) is 19.8 Å². The van der Waals surface area contributed by atoms with Crippen molar-refractivity contribution in [2.24, 2.45) is 5.41 Å². The Labute approximate surface area is 120 Å². The van der Waals surface area contributed by atoms with Gasteiger partial charge in [-0.3, -0.25) is 0 Å². The molecule has 8 heteroatoms. The standard InChI is InChI=1S/C13H13F3N2O2S/c1-13(8-17)2-4-18(5-3-13)21(19,20)12-10(15)6-9(14)7-11(12)16/h6-7H,2-5H2,1H3. The number of hydrogen-bond donors (Lipinski definition) is 0. The van der Waals surface area contributed by atoms with Crippen molar-refractivity contribution < 1.29 is 21.6 Å². The van der Waals surface area contributed by atoms with Gasteiger partial charge in [0, 0.05) is 25.2 Å². The normalized spacial score (nSPS) is 19.2. The fourth-order valence-corrected chi connectivity index (χ4v) is 3.77. The predicted molar refractivity (Wildman–Crippen MR) is 68.0 cm³/mol. The van der Waals surface area contributed by atoms with E-state index >= 15 is 0 Å². The Balaban J connectivity index is 2.35. The van der Waals surface area contributed by atoms with E-state index in [2.05, 4.69) is 6.07 Å². The molecule has 0 bridgehead atoms. The van der Waals surface area contributed by atoms with Crippen molar-refractivity contribution in [3.8, 4) is 6.07 Å². The van der Waals surface area contributed by atoms with Crippen LogP contribution in [0, 0.1) is 34.2 Å². The first kappa shape index (κ1) is 15.8. The van der Waals surface area contributed by atoms with Gasteiger partial charge < -0.3 is 0 Å². The molecule has 1 fully saturated rings. The zero-order valence-electron chi connectivity index (χ0n) is 11.2. The molecule has 0 radical (unpaired) electrons. The summed E-state index contributed by atoms with van der Waals surface area (Å²) in [5, 5.41) is 9.00. The summed E-state index contributed by atoms with van der Waals surface area (Å²) in [6.45, 7) is 1.68. The molecule has 1 aromatic rings. The number of nitrogens with zero attached hydrogens (tertiary/aromatic N) is 2. The van der Waals surface area contributed by atoms with E-state index in [1.807, 2.05) is 0 Å². The van der Waals surface area contributed by atoms with Gasteiger partial charge in [-0.2, -0.15) is 9.57 Å². The van der Waals surface area contributed by atoms with E-state index in [4.69, 9.17) is 5.26 Å². The Morgan fingerprint density at radius 1 is 1.19 bits per heavy atom. The minimum atomic E-state index is -4.39. The van der Waals surface area contributed by atoms with Crippen LogP contribution in [0.5, 0.6) is 0 Å². The molecule has 1 aliphatic rings. The Morgan fingerprint density at radius 2 is 1.67 bits per heavy atom. The fraction of sp³-hybridized carbons (Fsp3) is 0.462. The molecule has 0 spiro atoms. The van der Waals surface area contributed by atoms with E-state index in [1.165, 1.54) is 0 Å². The van der Waals surface area contributed by atoms with Crippen molar-refractivity contribution in [1.29, 1.82) is 5.26 Å². The Bertz CT molecular complexity index is 682. The highest BCUT2D eigenvalue weighted by atomic mass is 32.2. The molecular formula is C13H13F3N2O2S. The Hall–Kier alpha value is -1.59. The number of piperidine rings is 1. The third-order valence-electron chi connectivity index (χ3n) is 3.66. The van der Waals surface area contributed by atoms with Crippen LogP contribution in [0.25, 0.3) is 0 Å². The zero-order valence-corrected chi connectivity index (χ0v) is 12.1. The van der Waals surface area contributed by atoms with Crippen molar-refractivity contribution in [1.82, 2.24) is 4.31 Å². The van der Waals surface area contributed by atoms with E-state index < -0.39 is 37.8 Å². The summed E-state index contributed by atoms with van der Waals surface area (Å²) in [6.07, 6.45) is 0.542. The average molecular weight is 318 g/mol. The summed E-state index contributed by atoms with van der Waals surface area (Å²) >= 11 is 0. The Morgan fingerprint density at radius 3 is 2.10 bits per heavy atom. The molecule has 0 atom stereocenters. The molecule has 0 aromatic heterocycles. The second-order valence-corrected chi connectivity index (χ2v) is 7.15. The number of halogens is 3. The van der Waals surface area contributed by atoms with Crippen LogP contribution in [-0.2, 0) is 10.0 Å². The second-order valence-electron chi connectivity index (χ2n) is 5.28. The van der Waals surface area contributed by atoms with Crippen LogP contribution in [-0.4, -0.2) is 25.8 Å². The Kier molecular flexibility index (Phi) is 4.00. The highest BCUT2D eigenvalue weighted by molar-refractivity contribution is 7.89. The van der Waals surface area contributed by atoms with Gasteiger partial charge in [0.05, 0.1) is 11.5 Å². The van der Waals surface area contributed by atoms with E-state index in [1.54, 1.807) is 6.92 Å². The van der Waals surface area contributed by atoms with Gasteiger partial charge >= 0.3 is 0 Å². The summed E-state index contributed by atoms with van der Waals surface area (Å²) in [6, 6.07) is 2.77. The third-order valence-corrected chi connectivity index (χ3v) is 5.61. The summed E-state index contributed by atoms with van der Waals surface area (Å²) in [4.78, 5) is -1.15. The van der Waals surface area contributed by atoms with E-state index in [9.17, 15) is 21.6 Å². The van der Waals surface area contributed by atoms with Crippen LogP contribution in [0.4, 0.5) is 13.2 Å². The van der Waals surface area contributed by atoms with Crippen LogP contribution in [0.15, 0.2) is 17.0 Å². The molecule has 2 rings (SSSR count). The maximum Gasteiger partial charge on any atom is 0.248 e. The number of benzene rings is 1. The monoisotopic (exact) mass is 318 g/mol. The topological polar surface area (TPSA) is 61.2 Å². The molecule has 4 nitrogen and oxygen atoms in total. The van der Waals surface area contributed by atoms with Gasteiger partial charge in [0.15, 0.2) is 4.90 Å². The molecule has 1 aliphatic heterocycles. The summed E-state index contributed by atoms with van der Waals surface area (Å²) in [5.41, 5.74) is -0.647. The lowest BCUT2D eigenvalue weighted by Crippen LogP contribution is -2.42. The molecule has 0 amide bonds. The number of hydrogen-bond acceptors (Lipinski definition) is 3.